The minimum absolute atomic E-state index is 0.196. The number of carbonyl (C=O) groups is 1. The molecule has 1 aliphatic heterocycles. The van der Waals surface area contributed by atoms with Crippen LogP contribution in [0, 0.1) is 11.3 Å². The fourth-order valence-electron chi connectivity index (χ4n) is 2.60. The zero-order valence-corrected chi connectivity index (χ0v) is 16.4. The minimum Gasteiger partial charge on any atom is -0.493 e. The molecular weight excluding hydrogens is 360 g/mol. The number of rotatable bonds is 6. The van der Waals surface area contributed by atoms with Gasteiger partial charge in [0.2, 0.25) is 0 Å². The third-order valence-corrected chi connectivity index (χ3v) is 4.78. The van der Waals surface area contributed by atoms with E-state index in [0.717, 1.165) is 17.3 Å². The van der Waals surface area contributed by atoms with Gasteiger partial charge in [0, 0.05) is 0 Å². The van der Waals surface area contributed by atoms with Gasteiger partial charge in [-0.2, -0.15) is 0 Å². The molecule has 1 amide bonds. The second-order valence-corrected chi connectivity index (χ2v) is 7.54. The van der Waals surface area contributed by atoms with E-state index in [1.807, 2.05) is 48.5 Å². The van der Waals surface area contributed by atoms with Crippen molar-refractivity contribution in [2.24, 2.45) is 5.92 Å². The lowest BCUT2D eigenvalue weighted by Gasteiger charge is -2.14. The Hall–Kier alpha value is -2.73. The summed E-state index contributed by atoms with van der Waals surface area (Å²) in [5.41, 5.74) is 1.51. The van der Waals surface area contributed by atoms with Crippen molar-refractivity contribution in [3.63, 3.8) is 0 Å². The average Bonchev–Trinajstić information content (AvgIpc) is 2.94. The van der Waals surface area contributed by atoms with E-state index in [1.54, 1.807) is 13.2 Å². The number of thioether (sulfide) groups is 1. The minimum atomic E-state index is -0.199. The van der Waals surface area contributed by atoms with Crippen molar-refractivity contribution < 1.29 is 14.3 Å². The molecule has 6 heteroatoms. The van der Waals surface area contributed by atoms with Crippen molar-refractivity contribution in [2.45, 2.75) is 13.8 Å². The number of nitrogens with zero attached hydrogens (tertiary/aromatic N) is 1. The van der Waals surface area contributed by atoms with Crippen LogP contribution in [-0.4, -0.2) is 24.8 Å². The van der Waals surface area contributed by atoms with Crippen LogP contribution in [0.2, 0.25) is 0 Å². The largest absolute Gasteiger partial charge is 0.493 e. The van der Waals surface area contributed by atoms with Crippen LogP contribution in [0.5, 0.6) is 11.5 Å². The molecule has 2 aromatic rings. The summed E-state index contributed by atoms with van der Waals surface area (Å²) in [4.78, 5) is 14.7. The molecule has 1 saturated heterocycles. The van der Waals surface area contributed by atoms with Crippen molar-refractivity contribution in [1.29, 1.82) is 5.41 Å². The topological polar surface area (TPSA) is 62.6 Å². The Kier molecular flexibility index (Phi) is 5.86. The van der Waals surface area contributed by atoms with Gasteiger partial charge < -0.3 is 9.47 Å². The van der Waals surface area contributed by atoms with Gasteiger partial charge in [-0.25, -0.2) is 0 Å². The monoisotopic (exact) mass is 382 g/mol. The van der Waals surface area contributed by atoms with E-state index < -0.39 is 0 Å². The van der Waals surface area contributed by atoms with E-state index in [0.29, 0.717) is 34.6 Å². The highest BCUT2D eigenvalue weighted by Gasteiger charge is 2.33. The molecule has 0 unspecified atom stereocenters. The van der Waals surface area contributed by atoms with Crippen LogP contribution in [0.15, 0.2) is 53.4 Å². The number of methoxy groups -OCH3 is 1. The Morgan fingerprint density at radius 2 is 1.89 bits per heavy atom. The maximum atomic E-state index is 12.8. The van der Waals surface area contributed by atoms with Gasteiger partial charge >= 0.3 is 0 Å². The molecule has 3 rings (SSSR count). The fourth-order valence-corrected chi connectivity index (χ4v) is 3.46. The molecule has 1 heterocycles. The molecule has 0 bridgehead atoms. The number of carbonyl (C=O) groups excluding carboxylic acids is 1. The molecule has 1 N–H and O–H groups in total. The van der Waals surface area contributed by atoms with Gasteiger partial charge in [0.1, 0.15) is 0 Å². The first-order valence-corrected chi connectivity index (χ1v) is 9.49. The van der Waals surface area contributed by atoms with E-state index in [-0.39, 0.29) is 11.1 Å². The maximum Gasteiger partial charge on any atom is 0.271 e. The van der Waals surface area contributed by atoms with Crippen LogP contribution < -0.4 is 14.4 Å². The summed E-state index contributed by atoms with van der Waals surface area (Å²) < 4.78 is 11.2. The normalized spacial score (nSPS) is 15.7. The molecule has 0 spiro atoms. The van der Waals surface area contributed by atoms with E-state index >= 15 is 0 Å². The summed E-state index contributed by atoms with van der Waals surface area (Å²) in [6.07, 6.45) is 1.78. The lowest BCUT2D eigenvalue weighted by molar-refractivity contribution is -0.113. The zero-order valence-electron chi connectivity index (χ0n) is 15.6. The summed E-state index contributed by atoms with van der Waals surface area (Å²) >= 11 is 1.15. The molecule has 1 aliphatic rings. The quantitative estimate of drug-likeness (QED) is 0.730. The van der Waals surface area contributed by atoms with Crippen LogP contribution in [0.25, 0.3) is 6.08 Å². The Bertz CT molecular complexity index is 878. The number of ether oxygens (including phenoxy) is 2. The van der Waals surface area contributed by atoms with Crippen molar-refractivity contribution >= 4 is 34.6 Å². The third-order valence-electron chi connectivity index (χ3n) is 3.90. The van der Waals surface area contributed by atoms with Crippen LogP contribution in [0.4, 0.5) is 5.69 Å². The van der Waals surface area contributed by atoms with E-state index in [9.17, 15) is 4.79 Å². The number of hydrogen-bond donors (Lipinski definition) is 1. The van der Waals surface area contributed by atoms with Gasteiger partial charge in [0.15, 0.2) is 16.7 Å². The maximum absolute atomic E-state index is 12.8. The molecule has 140 valence electrons. The Morgan fingerprint density at radius 1 is 1.15 bits per heavy atom. The van der Waals surface area contributed by atoms with Crippen molar-refractivity contribution in [1.82, 2.24) is 0 Å². The highest BCUT2D eigenvalue weighted by Crippen LogP contribution is 2.36. The second kappa shape index (κ2) is 8.31. The van der Waals surface area contributed by atoms with Gasteiger partial charge in [-0.15, -0.1) is 0 Å². The third kappa shape index (κ3) is 4.34. The molecule has 0 atom stereocenters. The molecule has 0 saturated carbocycles. The van der Waals surface area contributed by atoms with Crippen molar-refractivity contribution in [2.75, 3.05) is 18.6 Å². The Labute approximate surface area is 163 Å². The van der Waals surface area contributed by atoms with E-state index in [1.165, 1.54) is 4.90 Å². The SMILES string of the molecule is COc1cc(/C=C2\SC(=N)N(c3ccccc3)C2=O)ccc1OCC(C)C. The summed E-state index contributed by atoms with van der Waals surface area (Å²) in [7, 11) is 1.59. The molecule has 0 aliphatic carbocycles. The average molecular weight is 382 g/mol. The highest BCUT2D eigenvalue weighted by atomic mass is 32.2. The number of nitrogens with one attached hydrogen (secondary N) is 1. The van der Waals surface area contributed by atoms with E-state index in [2.05, 4.69) is 13.8 Å². The van der Waals surface area contributed by atoms with Gasteiger partial charge in [-0.3, -0.25) is 15.1 Å². The van der Waals surface area contributed by atoms with Crippen LogP contribution in [0.3, 0.4) is 0 Å². The van der Waals surface area contributed by atoms with Gasteiger partial charge in [0.25, 0.3) is 5.91 Å². The number of amides is 1. The number of anilines is 1. The van der Waals surface area contributed by atoms with Crippen molar-refractivity contribution in [3.05, 3.63) is 59.0 Å². The van der Waals surface area contributed by atoms with E-state index in [4.69, 9.17) is 14.9 Å². The first-order chi connectivity index (χ1) is 13.0. The van der Waals surface area contributed by atoms with Crippen LogP contribution >= 0.6 is 11.8 Å². The Balaban J connectivity index is 1.84. The molecule has 2 aromatic carbocycles. The number of hydrogen-bond acceptors (Lipinski definition) is 5. The Morgan fingerprint density at radius 3 is 2.56 bits per heavy atom. The molecule has 27 heavy (non-hydrogen) atoms. The smallest absolute Gasteiger partial charge is 0.271 e. The fraction of sp³-hybridized carbons (Fsp3) is 0.238. The summed E-state index contributed by atoms with van der Waals surface area (Å²) in [5, 5.41) is 8.36. The van der Waals surface area contributed by atoms with Gasteiger partial charge in [0.05, 0.1) is 24.3 Å². The summed E-state index contributed by atoms with van der Waals surface area (Å²) in [6.45, 7) is 4.78. The van der Waals surface area contributed by atoms with Crippen molar-refractivity contribution in [3.8, 4) is 11.5 Å². The number of benzene rings is 2. The number of amidine groups is 1. The predicted octanol–water partition coefficient (Wildman–Crippen LogP) is 4.79. The molecule has 0 aromatic heterocycles. The van der Waals surface area contributed by atoms with Gasteiger partial charge in [-0.05, 0) is 53.6 Å². The molecule has 1 fully saturated rings. The molecule has 0 radical (unpaired) electrons. The predicted molar refractivity (Wildman–Crippen MR) is 111 cm³/mol. The summed E-state index contributed by atoms with van der Waals surface area (Å²) in [5.74, 6) is 1.52. The molecule has 5 nitrogen and oxygen atoms in total. The molecular formula is C21H22N2O3S. The number of para-hydroxylation sites is 1. The van der Waals surface area contributed by atoms with Gasteiger partial charge in [-0.1, -0.05) is 38.1 Å². The lowest BCUT2D eigenvalue weighted by atomic mass is 10.1. The summed E-state index contributed by atoms with van der Waals surface area (Å²) in [6, 6.07) is 14.8. The zero-order chi connectivity index (χ0) is 19.4. The first kappa shape index (κ1) is 19.0. The van der Waals surface area contributed by atoms with Crippen LogP contribution in [-0.2, 0) is 4.79 Å². The highest BCUT2D eigenvalue weighted by molar-refractivity contribution is 8.19. The van der Waals surface area contributed by atoms with Crippen LogP contribution in [0.1, 0.15) is 19.4 Å². The second-order valence-electron chi connectivity index (χ2n) is 6.51. The lowest BCUT2D eigenvalue weighted by Crippen LogP contribution is -2.27. The standard InChI is InChI=1S/C21H22N2O3S/c1-14(2)13-26-17-10-9-15(11-18(17)25-3)12-19-20(24)23(21(22)27-19)16-7-5-4-6-8-16/h4-12,14,22H,13H2,1-3H3/b19-12-,22-21?. The first-order valence-electron chi connectivity index (χ1n) is 8.68.